The van der Waals surface area contributed by atoms with Crippen molar-refractivity contribution in [3.63, 3.8) is 0 Å². The number of nitrogens with one attached hydrogen (secondary N) is 1. The predicted molar refractivity (Wildman–Crippen MR) is 125 cm³/mol. The van der Waals surface area contributed by atoms with Gasteiger partial charge in [-0.05, 0) is 60.2 Å². The average Bonchev–Trinajstić information content (AvgIpc) is 2.78. The van der Waals surface area contributed by atoms with Crippen molar-refractivity contribution in [1.82, 2.24) is 5.43 Å². The number of amides is 1. The van der Waals surface area contributed by atoms with E-state index in [0.29, 0.717) is 27.6 Å². The Morgan fingerprint density at radius 3 is 2.62 bits per heavy atom. The number of esters is 1. The first kappa shape index (κ1) is 23.3. The second-order valence-corrected chi connectivity index (χ2v) is 7.70. The van der Waals surface area contributed by atoms with Gasteiger partial charge in [0.1, 0.15) is 5.75 Å². The van der Waals surface area contributed by atoms with Crippen molar-refractivity contribution in [3.05, 3.63) is 87.4 Å². The third-order valence-corrected chi connectivity index (χ3v) is 4.75. The summed E-state index contributed by atoms with van der Waals surface area (Å²) in [5.74, 6) is 0.126. The summed E-state index contributed by atoms with van der Waals surface area (Å²) in [6, 6.07) is 18.5. The zero-order valence-corrected chi connectivity index (χ0v) is 19.2. The molecule has 9 heteroatoms. The number of hydrogen-bond acceptors (Lipinski definition) is 6. The molecule has 0 saturated carbocycles. The number of hydrazone groups is 1. The highest BCUT2D eigenvalue weighted by Crippen LogP contribution is 2.28. The summed E-state index contributed by atoms with van der Waals surface area (Å²) < 4.78 is 16.8. The molecule has 32 heavy (non-hydrogen) atoms. The van der Waals surface area contributed by atoms with Gasteiger partial charge in [0.05, 0.1) is 18.9 Å². The summed E-state index contributed by atoms with van der Waals surface area (Å²) in [5.41, 5.74) is 3.39. The lowest BCUT2D eigenvalue weighted by molar-refractivity contribution is -0.123. The number of carbonyl (C=O) groups is 2. The lowest BCUT2D eigenvalue weighted by Gasteiger charge is -2.10. The van der Waals surface area contributed by atoms with E-state index in [9.17, 15) is 9.59 Å². The lowest BCUT2D eigenvalue weighted by atomic mass is 10.2. The summed E-state index contributed by atoms with van der Waals surface area (Å²) in [6.07, 6.45) is 1.43. The molecule has 0 heterocycles. The van der Waals surface area contributed by atoms with Crippen LogP contribution in [-0.2, 0) is 4.79 Å². The van der Waals surface area contributed by atoms with Crippen LogP contribution in [0.1, 0.15) is 15.9 Å². The quantitative estimate of drug-likeness (QED) is 0.200. The lowest BCUT2D eigenvalue weighted by Crippen LogP contribution is -2.24. The van der Waals surface area contributed by atoms with Gasteiger partial charge < -0.3 is 14.2 Å². The Morgan fingerprint density at radius 1 is 1.06 bits per heavy atom. The molecule has 0 radical (unpaired) electrons. The Kier molecular flexibility index (Phi) is 8.24. The van der Waals surface area contributed by atoms with Crippen molar-refractivity contribution in [2.24, 2.45) is 5.10 Å². The van der Waals surface area contributed by atoms with Crippen LogP contribution >= 0.6 is 27.5 Å². The van der Waals surface area contributed by atoms with E-state index in [4.69, 9.17) is 25.8 Å². The topological polar surface area (TPSA) is 86.2 Å². The molecule has 1 N–H and O–H groups in total. The normalized spacial score (nSPS) is 10.6. The molecule has 0 aliphatic carbocycles. The van der Waals surface area contributed by atoms with Crippen LogP contribution in [-0.4, -0.2) is 31.8 Å². The molecule has 0 bridgehead atoms. The number of benzene rings is 3. The van der Waals surface area contributed by atoms with E-state index in [-0.39, 0.29) is 12.4 Å². The first-order valence-electron chi connectivity index (χ1n) is 9.30. The molecule has 7 nitrogen and oxygen atoms in total. The maximum Gasteiger partial charge on any atom is 0.343 e. The maximum atomic E-state index is 12.4. The summed E-state index contributed by atoms with van der Waals surface area (Å²) in [5, 5.41) is 4.41. The molecule has 1 amide bonds. The van der Waals surface area contributed by atoms with Crippen molar-refractivity contribution in [3.8, 4) is 17.2 Å². The number of nitrogens with zero attached hydrogens (tertiary/aromatic N) is 1. The highest BCUT2D eigenvalue weighted by molar-refractivity contribution is 9.10. The van der Waals surface area contributed by atoms with Gasteiger partial charge >= 0.3 is 5.97 Å². The Bertz CT molecular complexity index is 1150. The van der Waals surface area contributed by atoms with Crippen LogP contribution in [0.2, 0.25) is 5.02 Å². The molecule has 0 fully saturated rings. The van der Waals surface area contributed by atoms with Crippen molar-refractivity contribution >= 4 is 45.6 Å². The van der Waals surface area contributed by atoms with Crippen LogP contribution in [0.15, 0.2) is 76.3 Å². The van der Waals surface area contributed by atoms with Crippen LogP contribution < -0.4 is 19.6 Å². The monoisotopic (exact) mass is 516 g/mol. The zero-order chi connectivity index (χ0) is 22.9. The van der Waals surface area contributed by atoms with E-state index >= 15 is 0 Å². The SMILES string of the molecule is COc1cc(/C=N\NC(=O)COc2cccc(Cl)c2)ccc1OC(=O)c1cccc(Br)c1. The number of hydrogen-bond donors (Lipinski definition) is 1. The van der Waals surface area contributed by atoms with Crippen LogP contribution in [0.4, 0.5) is 0 Å². The van der Waals surface area contributed by atoms with Gasteiger partial charge in [-0.1, -0.05) is 39.7 Å². The molecule has 3 aromatic carbocycles. The van der Waals surface area contributed by atoms with Crippen molar-refractivity contribution < 1.29 is 23.8 Å². The Hall–Kier alpha value is -3.36. The summed E-state index contributed by atoms with van der Waals surface area (Å²) >= 11 is 9.19. The fraction of sp³-hybridized carbons (Fsp3) is 0.0870. The maximum absolute atomic E-state index is 12.4. The summed E-state index contributed by atoms with van der Waals surface area (Å²) in [6.45, 7) is -0.217. The van der Waals surface area contributed by atoms with E-state index in [1.165, 1.54) is 13.3 Å². The highest BCUT2D eigenvalue weighted by atomic mass is 79.9. The van der Waals surface area contributed by atoms with Gasteiger partial charge in [-0.25, -0.2) is 10.2 Å². The van der Waals surface area contributed by atoms with Crippen LogP contribution in [0.3, 0.4) is 0 Å². The predicted octanol–water partition coefficient (Wildman–Crippen LogP) is 4.86. The third kappa shape index (κ3) is 6.83. The molecule has 0 aliphatic heterocycles. The zero-order valence-electron chi connectivity index (χ0n) is 16.9. The second kappa shape index (κ2) is 11.3. The minimum absolute atomic E-state index is 0.217. The smallest absolute Gasteiger partial charge is 0.343 e. The van der Waals surface area contributed by atoms with Crippen molar-refractivity contribution in [1.29, 1.82) is 0 Å². The van der Waals surface area contributed by atoms with Gasteiger partial charge in [0.15, 0.2) is 18.1 Å². The standard InChI is InChI=1S/C23H18BrClN2O5/c1-30-21-10-15(8-9-20(21)32-23(29)16-4-2-5-17(24)11-16)13-26-27-22(28)14-31-19-7-3-6-18(25)12-19/h2-13H,14H2,1H3,(H,27,28)/b26-13-. The average molecular weight is 518 g/mol. The third-order valence-electron chi connectivity index (χ3n) is 4.02. The molecule has 0 aromatic heterocycles. The van der Waals surface area contributed by atoms with Crippen LogP contribution in [0.5, 0.6) is 17.2 Å². The van der Waals surface area contributed by atoms with Gasteiger partial charge in [0.2, 0.25) is 0 Å². The second-order valence-electron chi connectivity index (χ2n) is 6.35. The van der Waals surface area contributed by atoms with E-state index in [0.717, 1.165) is 4.47 Å². The van der Waals surface area contributed by atoms with Crippen molar-refractivity contribution in [2.75, 3.05) is 13.7 Å². The van der Waals surface area contributed by atoms with Gasteiger partial charge in [-0.15, -0.1) is 0 Å². The molecule has 164 valence electrons. The van der Waals surface area contributed by atoms with E-state index < -0.39 is 11.9 Å². The molecular formula is C23H18BrClN2O5. The number of halogens is 2. The molecule has 0 unspecified atom stereocenters. The molecule has 0 spiro atoms. The molecule has 3 aromatic rings. The van der Waals surface area contributed by atoms with E-state index in [2.05, 4.69) is 26.5 Å². The number of methoxy groups -OCH3 is 1. The Labute approximate surface area is 198 Å². The molecule has 0 atom stereocenters. The van der Waals surface area contributed by atoms with E-state index in [1.807, 2.05) is 6.07 Å². The van der Waals surface area contributed by atoms with Crippen LogP contribution in [0.25, 0.3) is 0 Å². The number of rotatable bonds is 8. The van der Waals surface area contributed by atoms with Gasteiger partial charge in [0.25, 0.3) is 5.91 Å². The van der Waals surface area contributed by atoms with Crippen LogP contribution in [0, 0.1) is 0 Å². The minimum atomic E-state index is -0.516. The Morgan fingerprint density at radius 2 is 1.88 bits per heavy atom. The first-order chi connectivity index (χ1) is 15.4. The minimum Gasteiger partial charge on any atom is -0.493 e. The Balaban J connectivity index is 1.57. The van der Waals surface area contributed by atoms with Gasteiger partial charge in [0, 0.05) is 9.50 Å². The molecule has 0 saturated heterocycles. The first-order valence-corrected chi connectivity index (χ1v) is 10.5. The fourth-order valence-electron chi connectivity index (χ4n) is 2.54. The van der Waals surface area contributed by atoms with Gasteiger partial charge in [-0.2, -0.15) is 5.10 Å². The summed E-state index contributed by atoms with van der Waals surface area (Å²) in [7, 11) is 1.46. The summed E-state index contributed by atoms with van der Waals surface area (Å²) in [4.78, 5) is 24.2. The highest BCUT2D eigenvalue weighted by Gasteiger charge is 2.13. The molecule has 0 aliphatic rings. The van der Waals surface area contributed by atoms with E-state index in [1.54, 1.807) is 60.7 Å². The number of carbonyl (C=O) groups excluding carboxylic acids is 2. The number of ether oxygens (including phenoxy) is 3. The fourth-order valence-corrected chi connectivity index (χ4v) is 3.12. The van der Waals surface area contributed by atoms with Gasteiger partial charge in [-0.3, -0.25) is 4.79 Å². The molecule has 3 rings (SSSR count). The largest absolute Gasteiger partial charge is 0.493 e. The van der Waals surface area contributed by atoms with Crippen molar-refractivity contribution in [2.45, 2.75) is 0 Å². The molecular weight excluding hydrogens is 500 g/mol.